The number of benzene rings is 1. The Morgan fingerprint density at radius 1 is 1.22 bits per heavy atom. The molecule has 0 aliphatic rings. The van der Waals surface area contributed by atoms with Gasteiger partial charge in [0.2, 0.25) is 0 Å². The summed E-state index contributed by atoms with van der Waals surface area (Å²) in [5.41, 5.74) is 2.89. The summed E-state index contributed by atoms with van der Waals surface area (Å²) >= 11 is 0. The highest BCUT2D eigenvalue weighted by Gasteiger charge is 2.18. The molecule has 0 spiro atoms. The van der Waals surface area contributed by atoms with Crippen LogP contribution in [0.3, 0.4) is 0 Å². The summed E-state index contributed by atoms with van der Waals surface area (Å²) in [5, 5.41) is 3.33. The van der Waals surface area contributed by atoms with Gasteiger partial charge >= 0.3 is 0 Å². The van der Waals surface area contributed by atoms with Crippen molar-refractivity contribution >= 4 is 0 Å². The highest BCUT2D eigenvalue weighted by atomic mass is 19.1. The van der Waals surface area contributed by atoms with Crippen LogP contribution in [0.1, 0.15) is 29.7 Å². The maximum Gasteiger partial charge on any atom is 0.146 e. The Kier molecular flexibility index (Phi) is 4.05. The van der Waals surface area contributed by atoms with Gasteiger partial charge in [0.15, 0.2) is 0 Å². The molecule has 0 fully saturated rings. The second-order valence-electron chi connectivity index (χ2n) is 4.24. The number of nitrogens with one attached hydrogen (secondary N) is 1. The monoisotopic (exact) mass is 244 g/mol. The fourth-order valence-corrected chi connectivity index (χ4v) is 2.12. The van der Waals surface area contributed by atoms with Gasteiger partial charge in [-0.15, -0.1) is 0 Å². The largest absolute Gasteiger partial charge is 0.306 e. The molecule has 0 bridgehead atoms. The van der Waals surface area contributed by atoms with E-state index in [1.807, 2.05) is 38.1 Å². The summed E-state index contributed by atoms with van der Waals surface area (Å²) in [5.74, 6) is -0.272. The standard InChI is InChI=1S/C15H17FN2/c1-3-18-15(12-7-5-4-6-11(12)2)13-8-9-17-10-14(13)16/h4-10,15,18H,3H2,1-2H3. The van der Waals surface area contributed by atoms with E-state index in [0.717, 1.165) is 17.7 Å². The van der Waals surface area contributed by atoms with E-state index in [4.69, 9.17) is 0 Å². The van der Waals surface area contributed by atoms with Crippen LogP contribution >= 0.6 is 0 Å². The fraction of sp³-hybridized carbons (Fsp3) is 0.267. The number of hydrogen-bond donors (Lipinski definition) is 1. The molecule has 0 saturated carbocycles. The third kappa shape index (κ3) is 2.57. The number of aromatic nitrogens is 1. The van der Waals surface area contributed by atoms with Gasteiger partial charge in [0, 0.05) is 11.8 Å². The van der Waals surface area contributed by atoms with Crippen molar-refractivity contribution in [1.82, 2.24) is 10.3 Å². The van der Waals surface area contributed by atoms with Crippen LogP contribution < -0.4 is 5.32 Å². The average Bonchev–Trinajstić information content (AvgIpc) is 2.38. The number of aryl methyl sites for hydroxylation is 1. The summed E-state index contributed by atoms with van der Waals surface area (Å²) in [7, 11) is 0. The first-order valence-electron chi connectivity index (χ1n) is 6.12. The molecular formula is C15H17FN2. The lowest BCUT2D eigenvalue weighted by Gasteiger charge is -2.21. The Morgan fingerprint density at radius 3 is 2.67 bits per heavy atom. The van der Waals surface area contributed by atoms with Gasteiger partial charge in [-0.1, -0.05) is 31.2 Å². The van der Waals surface area contributed by atoms with Crippen molar-refractivity contribution in [3.63, 3.8) is 0 Å². The molecule has 0 radical (unpaired) electrons. The van der Waals surface area contributed by atoms with E-state index < -0.39 is 0 Å². The Bertz CT molecular complexity index is 480. The van der Waals surface area contributed by atoms with Crippen LogP contribution in [0.25, 0.3) is 0 Å². The van der Waals surface area contributed by atoms with E-state index >= 15 is 0 Å². The molecule has 0 amide bonds. The molecule has 1 unspecified atom stereocenters. The maximum absolute atomic E-state index is 13.9. The second kappa shape index (κ2) is 5.74. The molecule has 0 aliphatic carbocycles. The molecule has 94 valence electrons. The molecule has 2 nitrogen and oxygen atoms in total. The maximum atomic E-state index is 13.9. The zero-order valence-corrected chi connectivity index (χ0v) is 10.7. The Balaban J connectivity index is 2.47. The summed E-state index contributed by atoms with van der Waals surface area (Å²) < 4.78 is 13.9. The smallest absolute Gasteiger partial charge is 0.146 e. The van der Waals surface area contributed by atoms with Crippen LogP contribution in [0.4, 0.5) is 4.39 Å². The predicted octanol–water partition coefficient (Wildman–Crippen LogP) is 3.23. The van der Waals surface area contributed by atoms with Crippen LogP contribution in [-0.2, 0) is 0 Å². The van der Waals surface area contributed by atoms with Crippen molar-refractivity contribution in [3.05, 3.63) is 65.2 Å². The molecule has 0 aliphatic heterocycles. The van der Waals surface area contributed by atoms with Crippen molar-refractivity contribution in [3.8, 4) is 0 Å². The van der Waals surface area contributed by atoms with E-state index in [1.165, 1.54) is 6.20 Å². The molecule has 2 rings (SSSR count). The SMILES string of the molecule is CCNC(c1ccccc1C)c1ccncc1F. The Hall–Kier alpha value is -1.74. The lowest BCUT2D eigenvalue weighted by atomic mass is 9.95. The number of halogens is 1. The summed E-state index contributed by atoms with van der Waals surface area (Å²) in [6, 6.07) is 9.65. The summed E-state index contributed by atoms with van der Waals surface area (Å²) in [6.07, 6.45) is 2.89. The van der Waals surface area contributed by atoms with Gasteiger partial charge in [-0.2, -0.15) is 0 Å². The number of hydrogen-bond acceptors (Lipinski definition) is 2. The zero-order chi connectivity index (χ0) is 13.0. The van der Waals surface area contributed by atoms with Crippen LogP contribution in [0.15, 0.2) is 42.7 Å². The minimum absolute atomic E-state index is 0.126. The van der Waals surface area contributed by atoms with Crippen molar-refractivity contribution in [2.75, 3.05) is 6.54 Å². The van der Waals surface area contributed by atoms with Crippen molar-refractivity contribution in [1.29, 1.82) is 0 Å². The molecule has 2 aromatic rings. The van der Waals surface area contributed by atoms with Crippen molar-refractivity contribution in [2.24, 2.45) is 0 Å². The van der Waals surface area contributed by atoms with Gasteiger partial charge in [-0.25, -0.2) is 4.39 Å². The first-order chi connectivity index (χ1) is 8.74. The molecule has 0 saturated heterocycles. The topological polar surface area (TPSA) is 24.9 Å². The van der Waals surface area contributed by atoms with Crippen LogP contribution in [0, 0.1) is 12.7 Å². The molecule has 3 heteroatoms. The molecular weight excluding hydrogens is 227 g/mol. The van der Waals surface area contributed by atoms with Gasteiger partial charge in [0.25, 0.3) is 0 Å². The third-order valence-corrected chi connectivity index (χ3v) is 3.02. The van der Waals surface area contributed by atoms with E-state index in [0.29, 0.717) is 5.56 Å². The highest BCUT2D eigenvalue weighted by molar-refractivity contribution is 5.36. The quantitative estimate of drug-likeness (QED) is 0.893. The van der Waals surface area contributed by atoms with E-state index in [-0.39, 0.29) is 11.9 Å². The van der Waals surface area contributed by atoms with E-state index in [9.17, 15) is 4.39 Å². The first kappa shape index (κ1) is 12.7. The molecule has 18 heavy (non-hydrogen) atoms. The van der Waals surface area contributed by atoms with Crippen LogP contribution in [0.2, 0.25) is 0 Å². The van der Waals surface area contributed by atoms with Crippen molar-refractivity contribution < 1.29 is 4.39 Å². The number of nitrogens with zero attached hydrogens (tertiary/aromatic N) is 1. The lowest BCUT2D eigenvalue weighted by Crippen LogP contribution is -2.23. The van der Waals surface area contributed by atoms with Crippen LogP contribution in [0.5, 0.6) is 0 Å². The minimum Gasteiger partial charge on any atom is -0.306 e. The third-order valence-electron chi connectivity index (χ3n) is 3.02. The zero-order valence-electron chi connectivity index (χ0n) is 10.7. The Morgan fingerprint density at radius 2 is 2.00 bits per heavy atom. The van der Waals surface area contributed by atoms with Gasteiger partial charge in [0.1, 0.15) is 5.82 Å². The molecule has 1 atom stereocenters. The average molecular weight is 244 g/mol. The molecule has 1 N–H and O–H groups in total. The van der Waals surface area contributed by atoms with Gasteiger partial charge in [-0.05, 0) is 30.7 Å². The van der Waals surface area contributed by atoms with Crippen LogP contribution in [-0.4, -0.2) is 11.5 Å². The molecule has 1 aromatic carbocycles. The molecule has 1 aromatic heterocycles. The predicted molar refractivity (Wildman–Crippen MR) is 70.9 cm³/mol. The van der Waals surface area contributed by atoms with Crippen molar-refractivity contribution in [2.45, 2.75) is 19.9 Å². The fourth-order valence-electron chi connectivity index (χ4n) is 2.12. The Labute approximate surface area is 107 Å². The van der Waals surface area contributed by atoms with E-state index in [2.05, 4.69) is 10.3 Å². The van der Waals surface area contributed by atoms with E-state index in [1.54, 1.807) is 12.3 Å². The van der Waals surface area contributed by atoms with Gasteiger partial charge in [-0.3, -0.25) is 4.98 Å². The number of rotatable bonds is 4. The molecule has 1 heterocycles. The normalized spacial score (nSPS) is 12.4. The highest BCUT2D eigenvalue weighted by Crippen LogP contribution is 2.26. The summed E-state index contributed by atoms with van der Waals surface area (Å²) in [6.45, 7) is 4.84. The minimum atomic E-state index is -0.272. The first-order valence-corrected chi connectivity index (χ1v) is 6.12. The second-order valence-corrected chi connectivity index (χ2v) is 4.24. The lowest BCUT2D eigenvalue weighted by molar-refractivity contribution is 0.553. The van der Waals surface area contributed by atoms with Gasteiger partial charge < -0.3 is 5.32 Å². The summed E-state index contributed by atoms with van der Waals surface area (Å²) in [4.78, 5) is 3.80. The number of pyridine rings is 1. The van der Waals surface area contributed by atoms with Gasteiger partial charge in [0.05, 0.1) is 12.2 Å².